The Bertz CT molecular complexity index is 309. The molecule has 0 amide bonds. The summed E-state index contributed by atoms with van der Waals surface area (Å²) in [6.07, 6.45) is 4.81. The van der Waals surface area contributed by atoms with Gasteiger partial charge in [0.1, 0.15) is 0 Å². The summed E-state index contributed by atoms with van der Waals surface area (Å²) < 4.78 is 24.9. The Hall–Kier alpha value is -0.130. The maximum Gasteiger partial charge on any atom is 0.211 e. The average molecular weight is 249 g/mol. The van der Waals surface area contributed by atoms with Gasteiger partial charge in [-0.3, -0.25) is 0 Å². The number of sulfonamides is 1. The normalized spacial score (nSPS) is 19.4. The maximum atomic E-state index is 11.7. The molecule has 1 fully saturated rings. The summed E-state index contributed by atoms with van der Waals surface area (Å²) in [7, 11) is -3.19. The molecular weight excluding hydrogens is 226 g/mol. The van der Waals surface area contributed by atoms with E-state index in [2.05, 4.69) is 13.8 Å². The lowest BCUT2D eigenvalue weighted by atomic mass is 10.0. The first kappa shape index (κ1) is 13.9. The van der Waals surface area contributed by atoms with E-state index in [9.17, 15) is 13.5 Å². The second-order valence-electron chi connectivity index (χ2n) is 5.13. The van der Waals surface area contributed by atoms with Crippen molar-refractivity contribution in [3.63, 3.8) is 0 Å². The highest BCUT2D eigenvalue weighted by Crippen LogP contribution is 2.32. The zero-order chi connectivity index (χ0) is 12.3. The predicted molar refractivity (Wildman–Crippen MR) is 64.7 cm³/mol. The van der Waals surface area contributed by atoms with Crippen LogP contribution in [0.15, 0.2) is 0 Å². The van der Waals surface area contributed by atoms with Gasteiger partial charge in [0.15, 0.2) is 0 Å². The van der Waals surface area contributed by atoms with Crippen LogP contribution in [-0.4, -0.2) is 42.8 Å². The third-order valence-corrected chi connectivity index (χ3v) is 4.30. The van der Waals surface area contributed by atoms with Gasteiger partial charge in [-0.15, -0.1) is 0 Å². The molecule has 0 aliphatic heterocycles. The van der Waals surface area contributed by atoms with Crippen LogP contribution in [0.25, 0.3) is 0 Å². The lowest BCUT2D eigenvalue weighted by Gasteiger charge is -2.28. The van der Waals surface area contributed by atoms with Crippen molar-refractivity contribution in [2.75, 3.05) is 12.9 Å². The number of hydrogen-bond acceptors (Lipinski definition) is 3. The predicted octanol–water partition coefficient (Wildman–Crippen LogP) is 1.21. The van der Waals surface area contributed by atoms with Crippen LogP contribution in [0.2, 0.25) is 0 Å². The van der Waals surface area contributed by atoms with Crippen LogP contribution in [0.3, 0.4) is 0 Å². The highest BCUT2D eigenvalue weighted by Gasteiger charge is 2.39. The molecule has 0 spiro atoms. The molecule has 0 unspecified atom stereocenters. The minimum Gasteiger partial charge on any atom is -0.395 e. The van der Waals surface area contributed by atoms with Crippen molar-refractivity contribution in [3.05, 3.63) is 0 Å². The third-order valence-electron chi connectivity index (χ3n) is 2.94. The molecule has 4 nitrogen and oxygen atoms in total. The minimum atomic E-state index is -3.19. The van der Waals surface area contributed by atoms with E-state index >= 15 is 0 Å². The van der Waals surface area contributed by atoms with Crippen LogP contribution >= 0.6 is 0 Å². The molecular formula is C11H23NO3S. The zero-order valence-corrected chi connectivity index (χ0v) is 11.2. The van der Waals surface area contributed by atoms with Crippen LogP contribution < -0.4 is 0 Å². The smallest absolute Gasteiger partial charge is 0.211 e. The van der Waals surface area contributed by atoms with Crippen molar-refractivity contribution in [2.45, 2.75) is 51.6 Å². The maximum absolute atomic E-state index is 11.7. The van der Waals surface area contributed by atoms with E-state index in [0.717, 1.165) is 25.7 Å². The van der Waals surface area contributed by atoms with Gasteiger partial charge in [0.05, 0.1) is 12.9 Å². The van der Waals surface area contributed by atoms with Crippen LogP contribution in [0.1, 0.15) is 39.5 Å². The molecule has 0 aromatic heterocycles. The van der Waals surface area contributed by atoms with Gasteiger partial charge in [0.2, 0.25) is 10.0 Å². The summed E-state index contributed by atoms with van der Waals surface area (Å²) in [5.74, 6) is 0.537. The second kappa shape index (κ2) is 5.47. The van der Waals surface area contributed by atoms with Crippen LogP contribution in [0.5, 0.6) is 0 Å². The number of hydrogen-bond donors (Lipinski definition) is 1. The molecule has 1 rings (SSSR count). The molecule has 0 heterocycles. The third kappa shape index (κ3) is 4.03. The van der Waals surface area contributed by atoms with E-state index in [-0.39, 0.29) is 18.7 Å². The van der Waals surface area contributed by atoms with Crippen molar-refractivity contribution in [3.8, 4) is 0 Å². The first-order valence-electron chi connectivity index (χ1n) is 5.95. The fraction of sp³-hybridized carbons (Fsp3) is 1.00. The summed E-state index contributed by atoms with van der Waals surface area (Å²) in [4.78, 5) is 0. The highest BCUT2D eigenvalue weighted by molar-refractivity contribution is 7.88. The van der Waals surface area contributed by atoms with Gasteiger partial charge >= 0.3 is 0 Å². The lowest BCUT2D eigenvalue weighted by molar-refractivity contribution is 0.170. The van der Waals surface area contributed by atoms with E-state index in [1.807, 2.05) is 0 Å². The van der Waals surface area contributed by atoms with Gasteiger partial charge in [-0.1, -0.05) is 13.8 Å². The van der Waals surface area contributed by atoms with Crippen molar-refractivity contribution >= 4 is 10.0 Å². The van der Waals surface area contributed by atoms with Gasteiger partial charge in [0.25, 0.3) is 0 Å². The highest BCUT2D eigenvalue weighted by atomic mass is 32.2. The Balaban J connectivity index is 2.66. The Labute approximate surface area is 98.7 Å². The van der Waals surface area contributed by atoms with E-state index in [1.54, 1.807) is 0 Å². The number of aliphatic hydroxyl groups is 1. The minimum absolute atomic E-state index is 0.0731. The largest absolute Gasteiger partial charge is 0.395 e. The number of nitrogens with zero attached hydrogens (tertiary/aromatic N) is 1. The van der Waals surface area contributed by atoms with Crippen LogP contribution in [0, 0.1) is 5.92 Å². The van der Waals surface area contributed by atoms with Crippen LogP contribution in [0.4, 0.5) is 0 Å². The monoisotopic (exact) mass is 249 g/mol. The quantitative estimate of drug-likeness (QED) is 0.738. The Morgan fingerprint density at radius 1 is 1.31 bits per heavy atom. The molecule has 96 valence electrons. The molecule has 1 atom stereocenters. The summed E-state index contributed by atoms with van der Waals surface area (Å²) in [5.41, 5.74) is 0. The molecule has 0 bridgehead atoms. The Kier molecular flexibility index (Phi) is 4.76. The van der Waals surface area contributed by atoms with E-state index in [4.69, 9.17) is 0 Å². The Morgan fingerprint density at radius 3 is 2.19 bits per heavy atom. The van der Waals surface area contributed by atoms with Crippen molar-refractivity contribution in [1.82, 2.24) is 4.31 Å². The van der Waals surface area contributed by atoms with Crippen LogP contribution in [-0.2, 0) is 10.0 Å². The van der Waals surface area contributed by atoms with Gasteiger partial charge in [-0.05, 0) is 31.6 Å². The molecule has 0 radical (unpaired) electrons. The van der Waals surface area contributed by atoms with Gasteiger partial charge in [-0.2, -0.15) is 4.31 Å². The SMILES string of the molecule is CC(C)CC[C@H](CO)N(C1CC1)S(C)(=O)=O. The molecule has 1 N–H and O–H groups in total. The molecule has 0 aromatic rings. The molecule has 1 aliphatic rings. The van der Waals surface area contributed by atoms with E-state index in [1.165, 1.54) is 10.6 Å². The molecule has 0 aromatic carbocycles. The van der Waals surface area contributed by atoms with Crippen molar-refractivity contribution in [1.29, 1.82) is 0 Å². The fourth-order valence-corrected chi connectivity index (χ4v) is 3.46. The summed E-state index contributed by atoms with van der Waals surface area (Å²) in [6, 6.07) is -0.0933. The summed E-state index contributed by atoms with van der Waals surface area (Å²) in [6.45, 7) is 4.14. The first-order chi connectivity index (χ1) is 7.36. The number of rotatable bonds is 7. The summed E-state index contributed by atoms with van der Waals surface area (Å²) in [5, 5.41) is 9.34. The molecule has 1 aliphatic carbocycles. The fourth-order valence-electron chi connectivity index (χ4n) is 1.99. The number of aliphatic hydroxyl groups excluding tert-OH is 1. The molecule has 0 saturated heterocycles. The van der Waals surface area contributed by atoms with Gasteiger partial charge in [-0.25, -0.2) is 8.42 Å². The molecule has 5 heteroatoms. The molecule has 1 saturated carbocycles. The van der Waals surface area contributed by atoms with Gasteiger partial charge < -0.3 is 5.11 Å². The first-order valence-corrected chi connectivity index (χ1v) is 7.80. The standard InChI is InChI=1S/C11H23NO3S/c1-9(2)4-5-11(8-13)12(10-6-7-10)16(3,14)15/h9-11,13H,4-8H2,1-3H3/t11-/m1/s1. The lowest BCUT2D eigenvalue weighted by Crippen LogP contribution is -2.43. The van der Waals surface area contributed by atoms with Crippen molar-refractivity contribution in [2.24, 2.45) is 5.92 Å². The average Bonchev–Trinajstić information content (AvgIpc) is 2.92. The van der Waals surface area contributed by atoms with E-state index < -0.39 is 10.0 Å². The van der Waals surface area contributed by atoms with Crippen molar-refractivity contribution < 1.29 is 13.5 Å². The van der Waals surface area contributed by atoms with Gasteiger partial charge in [0, 0.05) is 12.1 Å². The Morgan fingerprint density at radius 2 is 1.88 bits per heavy atom. The van der Waals surface area contributed by atoms with E-state index in [0.29, 0.717) is 5.92 Å². The summed E-state index contributed by atoms with van der Waals surface area (Å²) >= 11 is 0. The zero-order valence-electron chi connectivity index (χ0n) is 10.4. The topological polar surface area (TPSA) is 57.6 Å². The second-order valence-corrected chi connectivity index (χ2v) is 7.02. The molecule has 16 heavy (non-hydrogen) atoms.